The number of nitrogens with zero attached hydrogens (tertiary/aromatic N) is 1. The van der Waals surface area contributed by atoms with Gasteiger partial charge in [-0.3, -0.25) is 9.78 Å². The quantitative estimate of drug-likeness (QED) is 0.825. The first-order chi connectivity index (χ1) is 7.36. The van der Waals surface area contributed by atoms with Gasteiger partial charge in [0.25, 0.3) is 0 Å². The lowest BCUT2D eigenvalue weighted by molar-refractivity contribution is -0.119. The minimum atomic E-state index is 0.0388. The molecule has 1 atom stereocenters. The molecule has 0 bridgehead atoms. The van der Waals surface area contributed by atoms with Crippen LogP contribution in [0.15, 0.2) is 24.5 Å². The Balaban J connectivity index is 1.91. The van der Waals surface area contributed by atoms with Crippen molar-refractivity contribution in [1.29, 1.82) is 0 Å². The normalized spacial score (nSPS) is 21.2. The number of carbonyl (C=O) groups is 1. The minimum absolute atomic E-state index is 0.0388. The lowest BCUT2D eigenvalue weighted by Gasteiger charge is -2.21. The molecule has 15 heavy (non-hydrogen) atoms. The van der Waals surface area contributed by atoms with Gasteiger partial charge in [-0.25, -0.2) is 0 Å². The number of aromatic nitrogens is 1. The SMILES string of the molecule is O=C(Cc1ccncc1)C1CSCCN1. The van der Waals surface area contributed by atoms with Gasteiger partial charge < -0.3 is 5.32 Å². The highest BCUT2D eigenvalue weighted by atomic mass is 32.2. The summed E-state index contributed by atoms with van der Waals surface area (Å²) in [7, 11) is 0. The molecule has 0 aromatic carbocycles. The lowest BCUT2D eigenvalue weighted by atomic mass is 10.1. The summed E-state index contributed by atoms with van der Waals surface area (Å²) in [6.45, 7) is 0.942. The van der Waals surface area contributed by atoms with E-state index in [2.05, 4.69) is 10.3 Å². The third kappa shape index (κ3) is 3.04. The molecule has 0 radical (unpaired) electrons. The fourth-order valence-electron chi connectivity index (χ4n) is 1.60. The van der Waals surface area contributed by atoms with Gasteiger partial charge >= 0.3 is 0 Å². The highest BCUT2D eigenvalue weighted by Gasteiger charge is 2.20. The smallest absolute Gasteiger partial charge is 0.154 e. The fraction of sp³-hybridized carbons (Fsp3) is 0.455. The Morgan fingerprint density at radius 3 is 3.00 bits per heavy atom. The number of ketones is 1. The molecule has 2 heterocycles. The third-order valence-electron chi connectivity index (χ3n) is 2.44. The second-order valence-electron chi connectivity index (χ2n) is 3.58. The summed E-state index contributed by atoms with van der Waals surface area (Å²) in [6, 6.07) is 3.83. The molecule has 1 aliphatic heterocycles. The van der Waals surface area contributed by atoms with E-state index in [1.165, 1.54) is 0 Å². The van der Waals surface area contributed by atoms with E-state index in [9.17, 15) is 4.79 Å². The molecule has 1 aromatic rings. The van der Waals surface area contributed by atoms with E-state index in [1.807, 2.05) is 23.9 Å². The summed E-state index contributed by atoms with van der Waals surface area (Å²) in [5.74, 6) is 2.30. The first kappa shape index (κ1) is 10.6. The van der Waals surface area contributed by atoms with E-state index in [0.29, 0.717) is 6.42 Å². The standard InChI is InChI=1S/C11H14N2OS/c14-11(10-8-15-6-5-13-10)7-9-1-3-12-4-2-9/h1-4,10,13H,5-8H2. The Labute approximate surface area is 93.7 Å². The van der Waals surface area contributed by atoms with Crippen LogP contribution in [0.5, 0.6) is 0 Å². The van der Waals surface area contributed by atoms with Crippen molar-refractivity contribution in [2.75, 3.05) is 18.1 Å². The number of Topliss-reactive ketones (excluding diaryl/α,β-unsaturated/α-hetero) is 1. The maximum absolute atomic E-state index is 11.9. The van der Waals surface area contributed by atoms with Crippen molar-refractivity contribution >= 4 is 17.5 Å². The van der Waals surface area contributed by atoms with Crippen LogP contribution in [0.25, 0.3) is 0 Å². The number of carbonyl (C=O) groups excluding carboxylic acids is 1. The van der Waals surface area contributed by atoms with Crippen molar-refractivity contribution in [2.45, 2.75) is 12.5 Å². The second-order valence-corrected chi connectivity index (χ2v) is 4.73. The third-order valence-corrected chi connectivity index (χ3v) is 3.50. The molecule has 1 N–H and O–H groups in total. The van der Waals surface area contributed by atoms with Gasteiger partial charge in [-0.1, -0.05) is 0 Å². The van der Waals surface area contributed by atoms with Crippen molar-refractivity contribution in [3.63, 3.8) is 0 Å². The fourth-order valence-corrected chi connectivity index (χ4v) is 2.57. The average Bonchev–Trinajstić information content (AvgIpc) is 2.31. The number of thioether (sulfide) groups is 1. The van der Waals surface area contributed by atoms with Gasteiger partial charge in [0, 0.05) is 36.9 Å². The first-order valence-electron chi connectivity index (χ1n) is 5.09. The predicted molar refractivity (Wildman–Crippen MR) is 62.1 cm³/mol. The van der Waals surface area contributed by atoms with Gasteiger partial charge in [-0.05, 0) is 17.7 Å². The molecule has 1 aliphatic rings. The van der Waals surface area contributed by atoms with E-state index >= 15 is 0 Å². The van der Waals surface area contributed by atoms with Gasteiger partial charge in [0.1, 0.15) is 0 Å². The highest BCUT2D eigenvalue weighted by Crippen LogP contribution is 2.10. The van der Waals surface area contributed by atoms with E-state index in [-0.39, 0.29) is 11.8 Å². The molecule has 1 fully saturated rings. The van der Waals surface area contributed by atoms with Crippen LogP contribution in [0.4, 0.5) is 0 Å². The number of pyridine rings is 1. The van der Waals surface area contributed by atoms with E-state index in [1.54, 1.807) is 12.4 Å². The van der Waals surface area contributed by atoms with Crippen LogP contribution in [0.2, 0.25) is 0 Å². The Morgan fingerprint density at radius 2 is 2.33 bits per heavy atom. The zero-order valence-corrected chi connectivity index (χ0v) is 9.30. The summed E-state index contributed by atoms with van der Waals surface area (Å²) in [6.07, 6.45) is 3.97. The lowest BCUT2D eigenvalue weighted by Crippen LogP contribution is -2.44. The van der Waals surface area contributed by atoms with Crippen molar-refractivity contribution in [2.24, 2.45) is 0 Å². The maximum atomic E-state index is 11.9. The van der Waals surface area contributed by atoms with Crippen molar-refractivity contribution in [3.05, 3.63) is 30.1 Å². The summed E-state index contributed by atoms with van der Waals surface area (Å²) >= 11 is 1.85. The molecular weight excluding hydrogens is 208 g/mol. The van der Waals surface area contributed by atoms with E-state index < -0.39 is 0 Å². The van der Waals surface area contributed by atoms with Crippen LogP contribution in [-0.2, 0) is 11.2 Å². The molecule has 1 aromatic heterocycles. The first-order valence-corrected chi connectivity index (χ1v) is 6.24. The van der Waals surface area contributed by atoms with E-state index in [4.69, 9.17) is 0 Å². The van der Waals surface area contributed by atoms with Crippen LogP contribution in [0, 0.1) is 0 Å². The van der Waals surface area contributed by atoms with Gasteiger partial charge in [-0.2, -0.15) is 11.8 Å². The van der Waals surface area contributed by atoms with Gasteiger partial charge in [0.15, 0.2) is 5.78 Å². The summed E-state index contributed by atoms with van der Waals surface area (Å²) in [5.41, 5.74) is 1.05. The maximum Gasteiger partial charge on any atom is 0.154 e. The van der Waals surface area contributed by atoms with Crippen molar-refractivity contribution in [3.8, 4) is 0 Å². The van der Waals surface area contributed by atoms with Gasteiger partial charge in [-0.15, -0.1) is 0 Å². The second kappa shape index (κ2) is 5.28. The Kier molecular flexibility index (Phi) is 3.75. The van der Waals surface area contributed by atoms with Crippen LogP contribution < -0.4 is 5.32 Å². The molecule has 0 saturated carbocycles. The van der Waals surface area contributed by atoms with Gasteiger partial charge in [0.05, 0.1) is 6.04 Å². The summed E-state index contributed by atoms with van der Waals surface area (Å²) in [4.78, 5) is 15.8. The molecule has 0 spiro atoms. The molecule has 1 unspecified atom stereocenters. The molecule has 2 rings (SSSR count). The van der Waals surface area contributed by atoms with Crippen LogP contribution in [0.3, 0.4) is 0 Å². The Hall–Kier alpha value is -0.870. The summed E-state index contributed by atoms with van der Waals surface area (Å²) < 4.78 is 0. The molecule has 4 heteroatoms. The largest absolute Gasteiger partial charge is 0.306 e. The number of hydrogen-bond donors (Lipinski definition) is 1. The summed E-state index contributed by atoms with van der Waals surface area (Å²) in [5, 5.41) is 3.25. The Bertz CT molecular complexity index is 323. The number of hydrogen-bond acceptors (Lipinski definition) is 4. The van der Waals surface area contributed by atoms with Gasteiger partial charge in [0.2, 0.25) is 0 Å². The Morgan fingerprint density at radius 1 is 1.53 bits per heavy atom. The molecular formula is C11H14N2OS. The topological polar surface area (TPSA) is 42.0 Å². The van der Waals surface area contributed by atoms with E-state index in [0.717, 1.165) is 23.6 Å². The number of rotatable bonds is 3. The minimum Gasteiger partial charge on any atom is -0.306 e. The molecule has 0 amide bonds. The molecule has 1 saturated heterocycles. The molecule has 0 aliphatic carbocycles. The zero-order valence-electron chi connectivity index (χ0n) is 8.48. The van der Waals surface area contributed by atoms with Crippen LogP contribution >= 0.6 is 11.8 Å². The number of nitrogens with one attached hydrogen (secondary N) is 1. The zero-order chi connectivity index (χ0) is 10.5. The van der Waals surface area contributed by atoms with Crippen molar-refractivity contribution in [1.82, 2.24) is 10.3 Å². The molecule has 80 valence electrons. The average molecular weight is 222 g/mol. The predicted octanol–water partition coefficient (Wildman–Crippen LogP) is 0.898. The van der Waals surface area contributed by atoms with Crippen LogP contribution in [0.1, 0.15) is 5.56 Å². The van der Waals surface area contributed by atoms with Crippen molar-refractivity contribution < 1.29 is 4.79 Å². The molecule has 3 nitrogen and oxygen atoms in total. The highest BCUT2D eigenvalue weighted by molar-refractivity contribution is 7.99. The van der Waals surface area contributed by atoms with Crippen LogP contribution in [-0.4, -0.2) is 34.9 Å². The monoisotopic (exact) mass is 222 g/mol.